The van der Waals surface area contributed by atoms with E-state index in [1.165, 1.54) is 27.4 Å². The predicted octanol–water partition coefficient (Wildman–Crippen LogP) is 3.73. The third-order valence-corrected chi connectivity index (χ3v) is 4.31. The fourth-order valence-corrected chi connectivity index (χ4v) is 2.96. The van der Waals surface area contributed by atoms with Crippen LogP contribution >= 0.6 is 0 Å². The molecule has 0 atom stereocenters. The van der Waals surface area contributed by atoms with Gasteiger partial charge in [0.15, 0.2) is 17.3 Å². The predicted molar refractivity (Wildman–Crippen MR) is 106 cm³/mol. The maximum Gasteiger partial charge on any atom is 0.355 e. The Balaban J connectivity index is 2.38. The van der Waals surface area contributed by atoms with Crippen molar-refractivity contribution in [3.05, 3.63) is 46.3 Å². The number of esters is 1. The zero-order chi connectivity index (χ0) is 20.8. The SMILES string of the molecule is CCOC(=O)c1[nH]c(C)c(C(=O)C=Cc2cc(OC)c(OC)cc2OC)c1C. The third kappa shape index (κ3) is 4.19. The molecule has 7 nitrogen and oxygen atoms in total. The van der Waals surface area contributed by atoms with E-state index in [0.717, 1.165) is 0 Å². The number of H-pyrrole nitrogens is 1. The van der Waals surface area contributed by atoms with Crippen LogP contribution in [-0.2, 0) is 4.74 Å². The number of allylic oxidation sites excluding steroid dienone is 1. The zero-order valence-electron chi connectivity index (χ0n) is 17.0. The maximum absolute atomic E-state index is 12.8. The van der Waals surface area contributed by atoms with E-state index >= 15 is 0 Å². The molecule has 0 bridgehead atoms. The van der Waals surface area contributed by atoms with Gasteiger partial charge in [-0.15, -0.1) is 0 Å². The van der Waals surface area contributed by atoms with E-state index in [4.69, 9.17) is 18.9 Å². The third-order valence-electron chi connectivity index (χ3n) is 4.31. The smallest absolute Gasteiger partial charge is 0.355 e. The molecule has 1 aromatic heterocycles. The molecule has 1 aromatic carbocycles. The van der Waals surface area contributed by atoms with Crippen LogP contribution in [0.4, 0.5) is 0 Å². The fourth-order valence-electron chi connectivity index (χ4n) is 2.96. The van der Waals surface area contributed by atoms with Crippen molar-refractivity contribution in [2.45, 2.75) is 20.8 Å². The number of nitrogens with one attached hydrogen (secondary N) is 1. The highest BCUT2D eigenvalue weighted by Crippen LogP contribution is 2.35. The van der Waals surface area contributed by atoms with Crippen LogP contribution < -0.4 is 14.2 Å². The van der Waals surface area contributed by atoms with Gasteiger partial charge in [0.1, 0.15) is 11.4 Å². The number of hydrogen-bond acceptors (Lipinski definition) is 6. The molecule has 150 valence electrons. The Hall–Kier alpha value is -3.22. The highest BCUT2D eigenvalue weighted by molar-refractivity contribution is 6.10. The summed E-state index contributed by atoms with van der Waals surface area (Å²) in [6.07, 6.45) is 3.07. The first-order chi connectivity index (χ1) is 13.4. The summed E-state index contributed by atoms with van der Waals surface area (Å²) in [7, 11) is 4.60. The molecule has 0 aliphatic carbocycles. The lowest BCUT2D eigenvalue weighted by Crippen LogP contribution is -2.07. The monoisotopic (exact) mass is 387 g/mol. The summed E-state index contributed by atoms with van der Waals surface area (Å²) in [5, 5.41) is 0. The molecule has 0 fully saturated rings. The summed E-state index contributed by atoms with van der Waals surface area (Å²) in [6.45, 7) is 5.45. The summed E-state index contributed by atoms with van der Waals surface area (Å²) >= 11 is 0. The molecule has 1 N–H and O–H groups in total. The first-order valence-corrected chi connectivity index (χ1v) is 8.76. The second-order valence-corrected chi connectivity index (χ2v) is 5.99. The Morgan fingerprint density at radius 1 is 1.00 bits per heavy atom. The summed E-state index contributed by atoms with van der Waals surface area (Å²) in [4.78, 5) is 27.7. The van der Waals surface area contributed by atoms with Crippen LogP contribution in [0.3, 0.4) is 0 Å². The Bertz CT molecular complexity index is 910. The van der Waals surface area contributed by atoms with E-state index in [9.17, 15) is 9.59 Å². The summed E-state index contributed by atoms with van der Waals surface area (Å²) in [6, 6.07) is 3.41. The minimum Gasteiger partial charge on any atom is -0.496 e. The number of aryl methyl sites for hydroxylation is 1. The van der Waals surface area contributed by atoms with Gasteiger partial charge in [0, 0.05) is 22.9 Å². The summed E-state index contributed by atoms with van der Waals surface area (Å²) in [5.41, 5.74) is 2.56. The molecular weight excluding hydrogens is 362 g/mol. The van der Waals surface area contributed by atoms with Crippen molar-refractivity contribution in [3.8, 4) is 17.2 Å². The molecule has 0 radical (unpaired) electrons. The van der Waals surface area contributed by atoms with E-state index in [-0.39, 0.29) is 12.4 Å². The molecule has 2 aromatic rings. The number of carbonyl (C=O) groups is 2. The number of carbonyl (C=O) groups excluding carboxylic acids is 2. The normalized spacial score (nSPS) is 10.8. The van der Waals surface area contributed by atoms with Crippen molar-refractivity contribution >= 4 is 17.8 Å². The molecule has 0 aliphatic rings. The second-order valence-electron chi connectivity index (χ2n) is 5.99. The molecule has 0 unspecified atom stereocenters. The summed E-state index contributed by atoms with van der Waals surface area (Å²) in [5.74, 6) is 0.871. The van der Waals surface area contributed by atoms with Crippen LogP contribution in [0.1, 0.15) is 44.6 Å². The van der Waals surface area contributed by atoms with Gasteiger partial charge in [-0.3, -0.25) is 4.79 Å². The fraction of sp³-hybridized carbons (Fsp3) is 0.333. The lowest BCUT2D eigenvalue weighted by molar-refractivity contribution is 0.0519. The number of hydrogen-bond donors (Lipinski definition) is 1. The Kier molecular flexibility index (Phi) is 6.87. The van der Waals surface area contributed by atoms with Gasteiger partial charge in [0.25, 0.3) is 0 Å². The lowest BCUT2D eigenvalue weighted by atomic mass is 10.0. The topological polar surface area (TPSA) is 86.9 Å². The molecule has 0 saturated carbocycles. The minimum absolute atomic E-state index is 0.237. The van der Waals surface area contributed by atoms with Crippen LogP contribution in [0.25, 0.3) is 6.08 Å². The number of benzene rings is 1. The lowest BCUT2D eigenvalue weighted by Gasteiger charge is -2.12. The van der Waals surface area contributed by atoms with Gasteiger partial charge >= 0.3 is 5.97 Å². The number of aromatic nitrogens is 1. The van der Waals surface area contributed by atoms with Gasteiger partial charge in [0.2, 0.25) is 0 Å². The van der Waals surface area contributed by atoms with Crippen LogP contribution in [0.5, 0.6) is 17.2 Å². The molecule has 0 saturated heterocycles. The van der Waals surface area contributed by atoms with Crippen molar-refractivity contribution in [1.82, 2.24) is 4.98 Å². The van der Waals surface area contributed by atoms with Crippen molar-refractivity contribution in [2.24, 2.45) is 0 Å². The zero-order valence-corrected chi connectivity index (χ0v) is 17.0. The summed E-state index contributed by atoms with van der Waals surface area (Å²) < 4.78 is 21.0. The highest BCUT2D eigenvalue weighted by atomic mass is 16.5. The highest BCUT2D eigenvalue weighted by Gasteiger charge is 2.21. The molecule has 0 spiro atoms. The molecule has 28 heavy (non-hydrogen) atoms. The Morgan fingerprint density at radius 3 is 2.18 bits per heavy atom. The standard InChI is InChI=1S/C21H25NO6/c1-7-28-21(24)20-12(2)19(13(3)22-20)15(23)9-8-14-10-17(26-5)18(27-6)11-16(14)25-4/h8-11,22H,7H2,1-6H3. The number of aromatic amines is 1. The van der Waals surface area contributed by atoms with Crippen molar-refractivity contribution < 1.29 is 28.5 Å². The van der Waals surface area contributed by atoms with Gasteiger partial charge in [0.05, 0.1) is 27.9 Å². The van der Waals surface area contributed by atoms with Crippen molar-refractivity contribution in [2.75, 3.05) is 27.9 Å². The van der Waals surface area contributed by atoms with E-state index < -0.39 is 5.97 Å². The van der Waals surface area contributed by atoms with Crippen LogP contribution in [0.15, 0.2) is 18.2 Å². The van der Waals surface area contributed by atoms with Gasteiger partial charge in [-0.2, -0.15) is 0 Å². The first kappa shape index (κ1) is 21.1. The molecule has 0 amide bonds. The number of rotatable bonds is 8. The molecular formula is C21H25NO6. The van der Waals surface area contributed by atoms with E-state index in [1.807, 2.05) is 0 Å². The van der Waals surface area contributed by atoms with Crippen LogP contribution in [0.2, 0.25) is 0 Å². The second kappa shape index (κ2) is 9.12. The largest absolute Gasteiger partial charge is 0.496 e. The van der Waals surface area contributed by atoms with Crippen molar-refractivity contribution in [3.63, 3.8) is 0 Å². The van der Waals surface area contributed by atoms with E-state index in [1.54, 1.807) is 39.0 Å². The molecule has 7 heteroatoms. The Labute approximate surface area is 164 Å². The quantitative estimate of drug-likeness (QED) is 0.422. The van der Waals surface area contributed by atoms with Gasteiger partial charge in [-0.05, 0) is 44.6 Å². The van der Waals surface area contributed by atoms with E-state index in [0.29, 0.717) is 45.3 Å². The maximum atomic E-state index is 12.8. The Morgan fingerprint density at radius 2 is 1.61 bits per heavy atom. The van der Waals surface area contributed by atoms with Gasteiger partial charge in [-0.1, -0.05) is 0 Å². The average molecular weight is 387 g/mol. The molecule has 1 heterocycles. The van der Waals surface area contributed by atoms with Crippen LogP contribution in [-0.4, -0.2) is 44.7 Å². The van der Waals surface area contributed by atoms with Crippen LogP contribution in [0, 0.1) is 13.8 Å². The van der Waals surface area contributed by atoms with Gasteiger partial charge in [-0.25, -0.2) is 4.79 Å². The molecule has 0 aliphatic heterocycles. The first-order valence-electron chi connectivity index (χ1n) is 8.76. The number of ketones is 1. The number of methoxy groups -OCH3 is 3. The molecule has 2 rings (SSSR count). The van der Waals surface area contributed by atoms with Crippen molar-refractivity contribution in [1.29, 1.82) is 0 Å². The minimum atomic E-state index is -0.479. The number of ether oxygens (including phenoxy) is 4. The van der Waals surface area contributed by atoms with E-state index in [2.05, 4.69) is 4.98 Å². The average Bonchev–Trinajstić information content (AvgIpc) is 2.99. The van der Waals surface area contributed by atoms with Gasteiger partial charge < -0.3 is 23.9 Å².